The van der Waals surface area contributed by atoms with E-state index in [1.165, 1.54) is 5.56 Å². The van der Waals surface area contributed by atoms with E-state index in [2.05, 4.69) is 27.5 Å². The molecule has 128 valence electrons. The van der Waals surface area contributed by atoms with Gasteiger partial charge in [-0.1, -0.05) is 18.2 Å². The second-order valence-electron chi connectivity index (χ2n) is 5.95. The fraction of sp³-hybridized carbons (Fsp3) is 0.263. The zero-order valence-electron chi connectivity index (χ0n) is 14.1. The van der Waals surface area contributed by atoms with Gasteiger partial charge in [-0.2, -0.15) is 5.10 Å². The third-order valence-corrected chi connectivity index (χ3v) is 4.07. The minimum atomic E-state index is 0.579. The normalized spacial score (nSPS) is 13.0. The van der Waals surface area contributed by atoms with E-state index in [-0.39, 0.29) is 0 Å². The Bertz CT molecular complexity index is 875. The van der Waals surface area contributed by atoms with E-state index in [1.54, 1.807) is 6.20 Å². The quantitative estimate of drug-likeness (QED) is 0.776. The van der Waals surface area contributed by atoms with Crippen LogP contribution in [0.5, 0.6) is 11.5 Å². The van der Waals surface area contributed by atoms with Crippen LogP contribution in [0.4, 0.5) is 0 Å². The molecule has 0 bridgehead atoms. The molecule has 0 saturated carbocycles. The van der Waals surface area contributed by atoms with E-state index in [0.717, 1.165) is 35.1 Å². The largest absolute Gasteiger partial charge is 0.486 e. The van der Waals surface area contributed by atoms with Crippen molar-refractivity contribution < 1.29 is 9.47 Å². The molecule has 0 atom stereocenters. The predicted molar refractivity (Wildman–Crippen MR) is 94.1 cm³/mol. The topological polar surface area (TPSA) is 61.2 Å². The summed E-state index contributed by atoms with van der Waals surface area (Å²) in [7, 11) is 0. The number of pyridine rings is 1. The number of ether oxygens (including phenoxy) is 2. The van der Waals surface area contributed by atoms with Gasteiger partial charge in [0.25, 0.3) is 0 Å². The van der Waals surface area contributed by atoms with Gasteiger partial charge in [0, 0.05) is 25.4 Å². The molecule has 0 radical (unpaired) electrons. The number of fused-ring (bicyclic) bond motifs is 1. The van der Waals surface area contributed by atoms with E-state index in [1.807, 2.05) is 42.1 Å². The molecule has 0 unspecified atom stereocenters. The van der Waals surface area contributed by atoms with E-state index in [9.17, 15) is 0 Å². The molecule has 0 aliphatic carbocycles. The molecule has 6 heteroatoms. The maximum atomic E-state index is 5.60. The Morgan fingerprint density at radius 3 is 2.76 bits per heavy atom. The van der Waals surface area contributed by atoms with Crippen LogP contribution >= 0.6 is 0 Å². The maximum Gasteiger partial charge on any atom is 0.179 e. The number of para-hydroxylation sites is 1. The molecule has 0 amide bonds. The number of nitrogens with one attached hydrogen (secondary N) is 1. The molecule has 1 aliphatic heterocycles. The molecule has 2 aromatic heterocycles. The minimum absolute atomic E-state index is 0.579. The zero-order valence-corrected chi connectivity index (χ0v) is 14.1. The molecular formula is C19H20N4O2. The van der Waals surface area contributed by atoms with E-state index >= 15 is 0 Å². The molecule has 4 rings (SSSR count). The van der Waals surface area contributed by atoms with Crippen LogP contribution in [0, 0.1) is 6.92 Å². The Morgan fingerprint density at radius 1 is 1.08 bits per heavy atom. The first-order valence-corrected chi connectivity index (χ1v) is 8.35. The van der Waals surface area contributed by atoms with Crippen molar-refractivity contribution in [1.82, 2.24) is 20.1 Å². The van der Waals surface area contributed by atoms with Crippen molar-refractivity contribution in [3.05, 3.63) is 65.7 Å². The lowest BCUT2D eigenvalue weighted by Crippen LogP contribution is -2.18. The van der Waals surface area contributed by atoms with Crippen molar-refractivity contribution in [3.8, 4) is 17.2 Å². The van der Waals surface area contributed by atoms with Gasteiger partial charge in [-0.05, 0) is 24.6 Å². The Balaban J connectivity index is 1.44. The first-order chi connectivity index (χ1) is 12.3. The molecule has 1 N–H and O–H groups in total. The Kier molecular flexibility index (Phi) is 4.35. The average molecular weight is 336 g/mol. The van der Waals surface area contributed by atoms with Crippen LogP contribution in [-0.2, 0) is 13.1 Å². The number of rotatable bonds is 5. The van der Waals surface area contributed by atoms with Crippen molar-refractivity contribution in [3.63, 3.8) is 0 Å². The molecule has 3 heterocycles. The average Bonchev–Trinajstić information content (AvgIpc) is 3.08. The van der Waals surface area contributed by atoms with Gasteiger partial charge in [-0.3, -0.25) is 4.98 Å². The van der Waals surface area contributed by atoms with Crippen LogP contribution in [0.25, 0.3) is 5.69 Å². The van der Waals surface area contributed by atoms with Crippen LogP contribution in [0.1, 0.15) is 17.0 Å². The number of benzene rings is 1. The third kappa shape index (κ3) is 3.49. The van der Waals surface area contributed by atoms with Gasteiger partial charge in [0.2, 0.25) is 0 Å². The highest BCUT2D eigenvalue weighted by atomic mass is 16.6. The van der Waals surface area contributed by atoms with Gasteiger partial charge in [-0.15, -0.1) is 0 Å². The fourth-order valence-electron chi connectivity index (χ4n) is 2.84. The van der Waals surface area contributed by atoms with Crippen LogP contribution in [0.2, 0.25) is 0 Å². The van der Waals surface area contributed by atoms with Crippen molar-refractivity contribution in [2.75, 3.05) is 13.2 Å². The summed E-state index contributed by atoms with van der Waals surface area (Å²) in [4.78, 5) is 4.42. The lowest BCUT2D eigenvalue weighted by Gasteiger charge is -2.18. The second kappa shape index (κ2) is 6.94. The van der Waals surface area contributed by atoms with E-state index in [4.69, 9.17) is 9.47 Å². The van der Waals surface area contributed by atoms with E-state index < -0.39 is 0 Å². The molecule has 3 aromatic rings. The smallest absolute Gasteiger partial charge is 0.179 e. The van der Waals surface area contributed by atoms with Crippen LogP contribution in [0.3, 0.4) is 0 Å². The Hall–Kier alpha value is -2.86. The highest BCUT2D eigenvalue weighted by Gasteiger charge is 2.12. The summed E-state index contributed by atoms with van der Waals surface area (Å²) < 4.78 is 13.0. The Labute approximate surface area is 146 Å². The molecule has 1 aromatic carbocycles. The minimum Gasteiger partial charge on any atom is -0.486 e. The number of hydrogen-bond acceptors (Lipinski definition) is 5. The summed E-state index contributed by atoms with van der Waals surface area (Å²) >= 11 is 0. The number of aromatic nitrogens is 3. The van der Waals surface area contributed by atoms with Crippen molar-refractivity contribution in [2.45, 2.75) is 20.0 Å². The molecule has 0 fully saturated rings. The van der Waals surface area contributed by atoms with Crippen LogP contribution in [0.15, 0.2) is 48.8 Å². The van der Waals surface area contributed by atoms with Crippen molar-refractivity contribution >= 4 is 0 Å². The van der Waals surface area contributed by atoms with Gasteiger partial charge in [-0.25, -0.2) is 4.68 Å². The van der Waals surface area contributed by atoms with Gasteiger partial charge < -0.3 is 14.8 Å². The SMILES string of the molecule is Cc1ccn(-c2ccccc2CNCc2cc3c(cn2)OCCO3)n1. The summed E-state index contributed by atoms with van der Waals surface area (Å²) in [6, 6.07) is 12.2. The maximum absolute atomic E-state index is 5.60. The third-order valence-electron chi connectivity index (χ3n) is 4.07. The van der Waals surface area contributed by atoms with Crippen molar-refractivity contribution in [2.24, 2.45) is 0 Å². The first-order valence-electron chi connectivity index (χ1n) is 8.35. The number of nitrogens with zero attached hydrogens (tertiary/aromatic N) is 3. The molecule has 1 aliphatic rings. The predicted octanol–water partition coefficient (Wildman–Crippen LogP) is 2.64. The highest BCUT2D eigenvalue weighted by Crippen LogP contribution is 2.29. The highest BCUT2D eigenvalue weighted by molar-refractivity contribution is 5.41. The number of aryl methyl sites for hydroxylation is 1. The standard InChI is InChI=1S/C19H20N4O2/c1-14-6-7-23(22-14)17-5-3-2-4-15(17)11-20-12-16-10-18-19(13-21-16)25-9-8-24-18/h2-7,10,13,20H,8-9,11-12H2,1H3. The van der Waals surface area contributed by atoms with Crippen LogP contribution in [-0.4, -0.2) is 28.0 Å². The lowest BCUT2D eigenvalue weighted by atomic mass is 10.1. The second-order valence-corrected chi connectivity index (χ2v) is 5.95. The summed E-state index contributed by atoms with van der Waals surface area (Å²) in [6.45, 7) is 4.54. The van der Waals surface area contributed by atoms with Crippen molar-refractivity contribution in [1.29, 1.82) is 0 Å². The first kappa shape index (κ1) is 15.7. The summed E-state index contributed by atoms with van der Waals surface area (Å²) in [5.41, 5.74) is 4.20. The molecule has 6 nitrogen and oxygen atoms in total. The van der Waals surface area contributed by atoms with Gasteiger partial charge in [0.15, 0.2) is 11.5 Å². The monoisotopic (exact) mass is 336 g/mol. The van der Waals surface area contributed by atoms with Crippen LogP contribution < -0.4 is 14.8 Å². The molecule has 25 heavy (non-hydrogen) atoms. The summed E-state index contributed by atoms with van der Waals surface area (Å²) in [5.74, 6) is 1.49. The molecule has 0 saturated heterocycles. The fourth-order valence-corrected chi connectivity index (χ4v) is 2.84. The van der Waals surface area contributed by atoms with Gasteiger partial charge in [0.05, 0.1) is 23.3 Å². The van der Waals surface area contributed by atoms with E-state index in [0.29, 0.717) is 19.8 Å². The summed E-state index contributed by atoms with van der Waals surface area (Å²) in [5, 5.41) is 7.94. The Morgan fingerprint density at radius 2 is 1.92 bits per heavy atom. The number of hydrogen-bond donors (Lipinski definition) is 1. The van der Waals surface area contributed by atoms with Gasteiger partial charge >= 0.3 is 0 Å². The molecular weight excluding hydrogens is 316 g/mol. The van der Waals surface area contributed by atoms with Gasteiger partial charge in [0.1, 0.15) is 13.2 Å². The molecule has 0 spiro atoms. The lowest BCUT2D eigenvalue weighted by molar-refractivity contribution is 0.170. The zero-order chi connectivity index (χ0) is 17.1. The summed E-state index contributed by atoms with van der Waals surface area (Å²) in [6.07, 6.45) is 3.71.